The first-order valence-electron chi connectivity index (χ1n) is 5.81. The number of aliphatic hydroxyl groups excluding tert-OH is 1. The van der Waals surface area contributed by atoms with Crippen molar-refractivity contribution in [2.45, 2.75) is 46.1 Å². The van der Waals surface area contributed by atoms with Crippen LogP contribution in [0.2, 0.25) is 5.15 Å². The summed E-state index contributed by atoms with van der Waals surface area (Å²) in [5, 5.41) is 12.9. The van der Waals surface area contributed by atoms with Crippen molar-refractivity contribution < 1.29 is 5.11 Å². The second-order valence-electron chi connectivity index (χ2n) is 4.82. The van der Waals surface area contributed by atoms with Gasteiger partial charge in [0.05, 0.1) is 12.1 Å². The number of nitrogens with one attached hydrogen (secondary N) is 1. The highest BCUT2D eigenvalue weighted by Gasteiger charge is 2.19. The predicted octanol–water partition coefficient (Wildman–Crippen LogP) is 2.57. The number of hydrogen-bond donors (Lipinski definition) is 2. The first-order valence-corrected chi connectivity index (χ1v) is 6.19. The van der Waals surface area contributed by atoms with Crippen LogP contribution in [-0.2, 0) is 6.42 Å². The van der Waals surface area contributed by atoms with Crippen LogP contribution in [0.15, 0.2) is 0 Å². The second-order valence-corrected chi connectivity index (χ2v) is 5.18. The molecule has 1 rings (SSSR count). The summed E-state index contributed by atoms with van der Waals surface area (Å²) in [5.41, 5.74) is 0.388. The van der Waals surface area contributed by atoms with Crippen LogP contribution < -0.4 is 5.32 Å². The molecule has 5 heteroatoms. The zero-order chi connectivity index (χ0) is 13.1. The van der Waals surface area contributed by atoms with Gasteiger partial charge in [-0.2, -0.15) is 0 Å². The molecule has 96 valence electrons. The van der Waals surface area contributed by atoms with E-state index >= 15 is 0 Å². The van der Waals surface area contributed by atoms with E-state index in [0.717, 1.165) is 24.2 Å². The van der Waals surface area contributed by atoms with Crippen molar-refractivity contribution >= 4 is 17.4 Å². The van der Waals surface area contributed by atoms with E-state index in [1.54, 1.807) is 0 Å². The summed E-state index contributed by atoms with van der Waals surface area (Å²) in [7, 11) is 0. The number of aliphatic hydroxyl groups is 1. The van der Waals surface area contributed by atoms with Crippen LogP contribution in [0.4, 0.5) is 5.82 Å². The van der Waals surface area contributed by atoms with Gasteiger partial charge >= 0.3 is 0 Å². The van der Waals surface area contributed by atoms with Crippen molar-refractivity contribution in [1.82, 2.24) is 9.97 Å². The molecule has 0 aromatic carbocycles. The Morgan fingerprint density at radius 3 is 2.53 bits per heavy atom. The molecule has 1 aromatic heterocycles. The lowest BCUT2D eigenvalue weighted by Crippen LogP contribution is -2.35. The van der Waals surface area contributed by atoms with Crippen LogP contribution in [0.25, 0.3) is 0 Å². The molecule has 0 unspecified atom stereocenters. The lowest BCUT2D eigenvalue weighted by atomic mass is 10.1. The maximum atomic E-state index is 9.25. The van der Waals surface area contributed by atoms with Crippen molar-refractivity contribution in [2.24, 2.45) is 0 Å². The first kappa shape index (κ1) is 14.2. The fraction of sp³-hybridized carbons (Fsp3) is 0.667. The van der Waals surface area contributed by atoms with Crippen molar-refractivity contribution in [2.75, 3.05) is 11.9 Å². The molecule has 4 nitrogen and oxygen atoms in total. The van der Waals surface area contributed by atoms with Gasteiger partial charge in [0.25, 0.3) is 0 Å². The zero-order valence-electron chi connectivity index (χ0n) is 10.8. The Kier molecular flexibility index (Phi) is 4.71. The third kappa shape index (κ3) is 3.82. The molecular formula is C12H20ClN3O. The minimum Gasteiger partial charge on any atom is -0.394 e. The maximum Gasteiger partial charge on any atom is 0.137 e. The van der Waals surface area contributed by atoms with Crippen LogP contribution >= 0.6 is 11.6 Å². The van der Waals surface area contributed by atoms with E-state index < -0.39 is 5.54 Å². The van der Waals surface area contributed by atoms with Gasteiger partial charge in [0.15, 0.2) is 0 Å². The average molecular weight is 258 g/mol. The van der Waals surface area contributed by atoms with Gasteiger partial charge in [-0.25, -0.2) is 9.97 Å². The minimum absolute atomic E-state index is 0.0250. The summed E-state index contributed by atoms with van der Waals surface area (Å²) in [6, 6.07) is 0. The standard InChI is InChI=1S/C12H20ClN3O/c1-5-6-9-14-10(13)8(2)11(15-9)16-12(3,4)7-17/h17H,5-7H2,1-4H3,(H,14,15,16). The van der Waals surface area contributed by atoms with Crippen molar-refractivity contribution in [1.29, 1.82) is 0 Å². The van der Waals surface area contributed by atoms with E-state index in [-0.39, 0.29) is 6.61 Å². The molecule has 0 spiro atoms. The molecule has 0 saturated heterocycles. The number of aromatic nitrogens is 2. The fourth-order valence-corrected chi connectivity index (χ4v) is 1.54. The van der Waals surface area contributed by atoms with Crippen LogP contribution in [0.1, 0.15) is 38.6 Å². The Morgan fingerprint density at radius 1 is 1.35 bits per heavy atom. The summed E-state index contributed by atoms with van der Waals surface area (Å²) in [6.07, 6.45) is 1.77. The molecule has 0 aliphatic rings. The lowest BCUT2D eigenvalue weighted by Gasteiger charge is -2.25. The number of halogens is 1. The highest BCUT2D eigenvalue weighted by molar-refractivity contribution is 6.30. The average Bonchev–Trinajstić information content (AvgIpc) is 2.25. The highest BCUT2D eigenvalue weighted by atomic mass is 35.5. The quantitative estimate of drug-likeness (QED) is 0.796. The molecule has 0 aliphatic carbocycles. The van der Waals surface area contributed by atoms with Crippen molar-refractivity contribution in [3.63, 3.8) is 0 Å². The summed E-state index contributed by atoms with van der Waals surface area (Å²) in [4.78, 5) is 8.67. The molecule has 0 aliphatic heterocycles. The summed E-state index contributed by atoms with van der Waals surface area (Å²) in [6.45, 7) is 7.77. The highest BCUT2D eigenvalue weighted by Crippen LogP contribution is 2.23. The van der Waals surface area contributed by atoms with E-state index in [1.807, 2.05) is 20.8 Å². The van der Waals surface area contributed by atoms with Gasteiger partial charge in [0.1, 0.15) is 16.8 Å². The monoisotopic (exact) mass is 257 g/mol. The van der Waals surface area contributed by atoms with E-state index in [0.29, 0.717) is 11.0 Å². The van der Waals surface area contributed by atoms with Gasteiger partial charge in [-0.3, -0.25) is 0 Å². The molecule has 0 amide bonds. The van der Waals surface area contributed by atoms with Gasteiger partial charge < -0.3 is 10.4 Å². The van der Waals surface area contributed by atoms with Gasteiger partial charge in [-0.15, -0.1) is 0 Å². The summed E-state index contributed by atoms with van der Waals surface area (Å²) in [5.74, 6) is 1.44. The summed E-state index contributed by atoms with van der Waals surface area (Å²) < 4.78 is 0. The van der Waals surface area contributed by atoms with Gasteiger partial charge in [-0.1, -0.05) is 18.5 Å². The normalized spacial score (nSPS) is 11.6. The molecule has 17 heavy (non-hydrogen) atoms. The Bertz CT molecular complexity index is 394. The number of aryl methyl sites for hydroxylation is 1. The number of hydrogen-bond acceptors (Lipinski definition) is 4. The molecule has 0 saturated carbocycles. The molecule has 1 aromatic rings. The Hall–Kier alpha value is -0.870. The van der Waals surface area contributed by atoms with Gasteiger partial charge in [0, 0.05) is 12.0 Å². The predicted molar refractivity (Wildman–Crippen MR) is 70.6 cm³/mol. The number of rotatable bonds is 5. The van der Waals surface area contributed by atoms with Crippen molar-refractivity contribution in [3.8, 4) is 0 Å². The Balaban J connectivity index is 3.05. The number of nitrogens with zero attached hydrogens (tertiary/aromatic N) is 2. The van der Waals surface area contributed by atoms with E-state index in [1.165, 1.54) is 0 Å². The smallest absolute Gasteiger partial charge is 0.137 e. The topological polar surface area (TPSA) is 58.0 Å². The van der Waals surface area contributed by atoms with Crippen molar-refractivity contribution in [3.05, 3.63) is 16.5 Å². The zero-order valence-corrected chi connectivity index (χ0v) is 11.6. The lowest BCUT2D eigenvalue weighted by molar-refractivity contribution is 0.233. The van der Waals surface area contributed by atoms with E-state index in [4.69, 9.17) is 11.6 Å². The number of anilines is 1. The van der Waals surface area contributed by atoms with Crippen LogP contribution in [0.3, 0.4) is 0 Å². The first-order chi connectivity index (χ1) is 7.89. The molecule has 2 N–H and O–H groups in total. The third-order valence-electron chi connectivity index (χ3n) is 2.46. The van der Waals surface area contributed by atoms with Crippen LogP contribution in [0.5, 0.6) is 0 Å². The van der Waals surface area contributed by atoms with Gasteiger partial charge in [0.2, 0.25) is 0 Å². The largest absolute Gasteiger partial charge is 0.394 e. The SMILES string of the molecule is CCCc1nc(Cl)c(C)c(NC(C)(C)CO)n1. The maximum absolute atomic E-state index is 9.25. The third-order valence-corrected chi connectivity index (χ3v) is 2.83. The van der Waals surface area contributed by atoms with E-state index in [2.05, 4.69) is 22.2 Å². The molecule has 0 radical (unpaired) electrons. The van der Waals surface area contributed by atoms with Crippen LogP contribution in [-0.4, -0.2) is 27.2 Å². The fourth-order valence-electron chi connectivity index (χ4n) is 1.35. The minimum atomic E-state index is -0.425. The molecule has 0 bridgehead atoms. The van der Waals surface area contributed by atoms with Crippen LogP contribution in [0, 0.1) is 6.92 Å². The van der Waals surface area contributed by atoms with E-state index in [9.17, 15) is 5.11 Å². The second kappa shape index (κ2) is 5.65. The van der Waals surface area contributed by atoms with Gasteiger partial charge in [-0.05, 0) is 27.2 Å². The molecule has 1 heterocycles. The Labute approximate surface area is 107 Å². The molecule has 0 fully saturated rings. The Morgan fingerprint density at radius 2 is 2.00 bits per heavy atom. The summed E-state index contributed by atoms with van der Waals surface area (Å²) >= 11 is 6.07. The molecular weight excluding hydrogens is 238 g/mol. The molecule has 0 atom stereocenters.